The minimum absolute atomic E-state index is 0.537. The molecule has 0 fully saturated rings. The van der Waals surface area contributed by atoms with Gasteiger partial charge >= 0.3 is 0 Å². The van der Waals surface area contributed by atoms with E-state index >= 15 is 0 Å². The average Bonchev–Trinajstić information content (AvgIpc) is 2.73. The largest absolute Gasteiger partial charge is 0.489 e. The van der Waals surface area contributed by atoms with Crippen LogP contribution in [0.2, 0.25) is 0 Å². The third kappa shape index (κ3) is 5.69. The van der Waals surface area contributed by atoms with E-state index in [4.69, 9.17) is 4.74 Å². The second-order valence-corrected chi connectivity index (χ2v) is 7.55. The predicted molar refractivity (Wildman–Crippen MR) is 114 cm³/mol. The van der Waals surface area contributed by atoms with Crippen molar-refractivity contribution >= 4 is 0 Å². The van der Waals surface area contributed by atoms with Crippen LogP contribution in [0.25, 0.3) is 0 Å². The van der Waals surface area contributed by atoms with Gasteiger partial charge in [0.25, 0.3) is 0 Å². The number of hydrogen-bond donors (Lipinski definition) is 1. The molecule has 0 aliphatic heterocycles. The van der Waals surface area contributed by atoms with E-state index in [2.05, 4.69) is 17.0 Å². The van der Waals surface area contributed by atoms with Gasteiger partial charge in [-0.1, -0.05) is 72.8 Å². The number of nitrogens with zero attached hydrogens (tertiary/aromatic N) is 1. The van der Waals surface area contributed by atoms with Gasteiger partial charge in [0.05, 0.1) is 5.60 Å². The molecule has 0 radical (unpaired) electrons. The van der Waals surface area contributed by atoms with Crippen molar-refractivity contribution in [2.75, 3.05) is 20.6 Å². The quantitative estimate of drug-likeness (QED) is 0.591. The van der Waals surface area contributed by atoms with Crippen LogP contribution in [0.4, 0.5) is 0 Å². The smallest absolute Gasteiger partial charge is 0.119 e. The SMILES string of the molecule is CN(C)CCC(O)(Cc1ccccc1)c1ccc(OCc2ccccc2)cc1. The zero-order valence-corrected chi connectivity index (χ0v) is 16.7. The molecule has 0 saturated carbocycles. The van der Waals surface area contributed by atoms with Crippen LogP contribution in [0.1, 0.15) is 23.1 Å². The van der Waals surface area contributed by atoms with Crippen molar-refractivity contribution in [2.24, 2.45) is 0 Å². The Morgan fingerprint density at radius 2 is 1.36 bits per heavy atom. The molecule has 0 aliphatic carbocycles. The molecular weight excluding hydrogens is 346 g/mol. The number of ether oxygens (including phenoxy) is 1. The molecule has 3 aromatic rings. The Balaban J connectivity index is 1.73. The van der Waals surface area contributed by atoms with Crippen LogP contribution >= 0.6 is 0 Å². The van der Waals surface area contributed by atoms with E-state index in [0.717, 1.165) is 29.0 Å². The molecule has 0 amide bonds. The Labute approximate surface area is 168 Å². The first-order chi connectivity index (χ1) is 13.5. The van der Waals surface area contributed by atoms with Gasteiger partial charge in [0.1, 0.15) is 12.4 Å². The molecule has 1 atom stereocenters. The van der Waals surface area contributed by atoms with Gasteiger partial charge in [-0.3, -0.25) is 0 Å². The number of benzene rings is 3. The molecule has 3 aromatic carbocycles. The fourth-order valence-corrected chi connectivity index (χ4v) is 3.28. The summed E-state index contributed by atoms with van der Waals surface area (Å²) in [4.78, 5) is 2.10. The Hall–Kier alpha value is -2.62. The summed E-state index contributed by atoms with van der Waals surface area (Å²) in [5.41, 5.74) is 2.28. The standard InChI is InChI=1S/C25H29NO2/c1-26(2)18-17-25(27,19-21-9-5-3-6-10-21)23-13-15-24(16-14-23)28-20-22-11-7-4-8-12-22/h3-16,27H,17-20H2,1-2H3. The summed E-state index contributed by atoms with van der Waals surface area (Å²) in [5, 5.41) is 11.5. The Morgan fingerprint density at radius 1 is 0.786 bits per heavy atom. The minimum Gasteiger partial charge on any atom is -0.489 e. The number of rotatable bonds is 9. The topological polar surface area (TPSA) is 32.7 Å². The molecule has 1 N–H and O–H groups in total. The van der Waals surface area contributed by atoms with Gasteiger partial charge in [0.2, 0.25) is 0 Å². The Bertz CT molecular complexity index is 831. The molecule has 0 aromatic heterocycles. The number of hydrogen-bond acceptors (Lipinski definition) is 3. The molecule has 3 heteroatoms. The van der Waals surface area contributed by atoms with Crippen molar-refractivity contribution in [3.8, 4) is 5.75 Å². The lowest BCUT2D eigenvalue weighted by Crippen LogP contribution is -2.32. The van der Waals surface area contributed by atoms with Crippen molar-refractivity contribution in [2.45, 2.75) is 25.0 Å². The molecule has 3 rings (SSSR count). The summed E-state index contributed by atoms with van der Waals surface area (Å²) in [6.45, 7) is 1.35. The van der Waals surface area contributed by atoms with Crippen molar-refractivity contribution in [1.29, 1.82) is 0 Å². The summed E-state index contributed by atoms with van der Waals surface area (Å²) in [5.74, 6) is 0.808. The normalized spacial score (nSPS) is 13.3. The van der Waals surface area contributed by atoms with Crippen LogP contribution in [0.5, 0.6) is 5.75 Å². The van der Waals surface area contributed by atoms with Crippen LogP contribution in [-0.2, 0) is 18.6 Å². The maximum Gasteiger partial charge on any atom is 0.119 e. The maximum absolute atomic E-state index is 11.5. The van der Waals surface area contributed by atoms with Gasteiger partial charge in [-0.25, -0.2) is 0 Å². The maximum atomic E-state index is 11.5. The molecule has 146 valence electrons. The van der Waals surface area contributed by atoms with E-state index in [-0.39, 0.29) is 0 Å². The van der Waals surface area contributed by atoms with Crippen LogP contribution in [0.3, 0.4) is 0 Å². The van der Waals surface area contributed by atoms with Crippen molar-refractivity contribution in [1.82, 2.24) is 4.90 Å². The predicted octanol–water partition coefficient (Wildman–Crippen LogP) is 4.65. The monoisotopic (exact) mass is 375 g/mol. The zero-order chi connectivity index (χ0) is 19.8. The lowest BCUT2D eigenvalue weighted by molar-refractivity contribution is 0.0212. The van der Waals surface area contributed by atoms with Gasteiger partial charge in [-0.2, -0.15) is 0 Å². The third-order valence-corrected chi connectivity index (χ3v) is 4.95. The van der Waals surface area contributed by atoms with E-state index in [1.165, 1.54) is 0 Å². The molecule has 28 heavy (non-hydrogen) atoms. The summed E-state index contributed by atoms with van der Waals surface area (Å²) in [7, 11) is 4.06. The zero-order valence-electron chi connectivity index (χ0n) is 16.7. The molecule has 1 unspecified atom stereocenters. The van der Waals surface area contributed by atoms with Crippen LogP contribution in [0.15, 0.2) is 84.9 Å². The van der Waals surface area contributed by atoms with E-state index in [1.807, 2.05) is 86.9 Å². The first kappa shape index (κ1) is 20.1. The van der Waals surface area contributed by atoms with Gasteiger partial charge < -0.3 is 14.7 Å². The molecular formula is C25H29NO2. The lowest BCUT2D eigenvalue weighted by Gasteiger charge is -2.30. The van der Waals surface area contributed by atoms with Crippen LogP contribution < -0.4 is 4.74 Å². The molecule has 0 aliphatic rings. The number of aliphatic hydroxyl groups is 1. The summed E-state index contributed by atoms with van der Waals surface area (Å²) >= 11 is 0. The molecule has 3 nitrogen and oxygen atoms in total. The fourth-order valence-electron chi connectivity index (χ4n) is 3.28. The summed E-state index contributed by atoms with van der Waals surface area (Å²) in [6, 6.07) is 28.2. The second kappa shape index (κ2) is 9.54. The van der Waals surface area contributed by atoms with Gasteiger partial charge in [0, 0.05) is 13.0 Å². The van der Waals surface area contributed by atoms with Gasteiger partial charge in [-0.05, 0) is 49.3 Å². The molecule has 0 saturated heterocycles. The summed E-state index contributed by atoms with van der Waals surface area (Å²) in [6.07, 6.45) is 1.25. The second-order valence-electron chi connectivity index (χ2n) is 7.55. The van der Waals surface area contributed by atoms with Crippen molar-refractivity contribution in [3.63, 3.8) is 0 Å². The highest BCUT2D eigenvalue weighted by Crippen LogP contribution is 2.31. The average molecular weight is 376 g/mol. The van der Waals surface area contributed by atoms with Crippen molar-refractivity contribution < 1.29 is 9.84 Å². The Kier molecular flexibility index (Phi) is 6.85. The van der Waals surface area contributed by atoms with Crippen LogP contribution in [0, 0.1) is 0 Å². The highest BCUT2D eigenvalue weighted by molar-refractivity contribution is 5.33. The Morgan fingerprint density at radius 3 is 1.93 bits per heavy atom. The summed E-state index contributed by atoms with van der Waals surface area (Å²) < 4.78 is 5.89. The fraction of sp³-hybridized carbons (Fsp3) is 0.280. The molecule has 0 heterocycles. The van der Waals surface area contributed by atoms with E-state index < -0.39 is 5.60 Å². The first-order valence-electron chi connectivity index (χ1n) is 9.73. The first-order valence-corrected chi connectivity index (χ1v) is 9.73. The van der Waals surface area contributed by atoms with E-state index in [1.54, 1.807) is 0 Å². The van der Waals surface area contributed by atoms with Gasteiger partial charge in [0.15, 0.2) is 0 Å². The molecule has 0 spiro atoms. The highest BCUT2D eigenvalue weighted by Gasteiger charge is 2.29. The van der Waals surface area contributed by atoms with E-state index in [0.29, 0.717) is 19.4 Å². The minimum atomic E-state index is -0.913. The van der Waals surface area contributed by atoms with Gasteiger partial charge in [-0.15, -0.1) is 0 Å². The van der Waals surface area contributed by atoms with Crippen LogP contribution in [-0.4, -0.2) is 30.6 Å². The van der Waals surface area contributed by atoms with E-state index in [9.17, 15) is 5.11 Å². The molecule has 0 bridgehead atoms. The third-order valence-electron chi connectivity index (χ3n) is 4.95. The highest BCUT2D eigenvalue weighted by atomic mass is 16.5. The lowest BCUT2D eigenvalue weighted by atomic mass is 9.84. The van der Waals surface area contributed by atoms with Crippen molar-refractivity contribution in [3.05, 3.63) is 102 Å².